The molecule has 0 aliphatic rings. The lowest BCUT2D eigenvalue weighted by atomic mass is 9.92. The second-order valence-corrected chi connectivity index (χ2v) is 4.33. The number of rotatable bonds is 3. The van der Waals surface area contributed by atoms with Crippen molar-refractivity contribution in [2.24, 2.45) is 0 Å². The van der Waals surface area contributed by atoms with E-state index in [0.29, 0.717) is 5.75 Å². The predicted molar refractivity (Wildman–Crippen MR) is 69.2 cm³/mol. The first-order valence-corrected chi connectivity index (χ1v) is 5.73. The summed E-state index contributed by atoms with van der Waals surface area (Å²) in [4.78, 5) is 4.47. The van der Waals surface area contributed by atoms with Crippen LogP contribution in [0.1, 0.15) is 25.3 Å². The molecule has 2 nitrogen and oxygen atoms in total. The largest absolute Gasteiger partial charge is 0.340 e. The van der Waals surface area contributed by atoms with Crippen LogP contribution in [0.3, 0.4) is 0 Å². The third-order valence-corrected chi connectivity index (χ3v) is 2.83. The van der Waals surface area contributed by atoms with Crippen LogP contribution >= 0.6 is 0 Å². The highest BCUT2D eigenvalue weighted by Gasteiger charge is 2.14. The molecule has 0 radical (unpaired) electrons. The second-order valence-electron chi connectivity index (χ2n) is 4.33. The summed E-state index contributed by atoms with van der Waals surface area (Å²) >= 11 is 0. The van der Waals surface area contributed by atoms with E-state index in [1.165, 1.54) is 0 Å². The van der Waals surface area contributed by atoms with Gasteiger partial charge in [0, 0.05) is 5.56 Å². The summed E-state index contributed by atoms with van der Waals surface area (Å²) in [6.45, 7) is 4.18. The van der Waals surface area contributed by atoms with Gasteiger partial charge in [-0.05, 0) is 23.1 Å². The maximum absolute atomic E-state index is 8.94. The highest BCUT2D eigenvalue weighted by Crippen LogP contribution is 2.35. The van der Waals surface area contributed by atoms with E-state index in [-0.39, 0.29) is 5.92 Å². The molecule has 2 aromatic rings. The van der Waals surface area contributed by atoms with Crippen LogP contribution < -0.4 is 4.89 Å². The van der Waals surface area contributed by atoms with Crippen molar-refractivity contribution in [1.82, 2.24) is 0 Å². The van der Waals surface area contributed by atoms with Gasteiger partial charge in [-0.25, -0.2) is 5.26 Å². The first-order chi connectivity index (χ1) is 8.24. The van der Waals surface area contributed by atoms with E-state index in [0.717, 1.165) is 16.7 Å². The first kappa shape index (κ1) is 11.7. The summed E-state index contributed by atoms with van der Waals surface area (Å²) in [5.74, 6) is 0.815. The van der Waals surface area contributed by atoms with Gasteiger partial charge in [-0.3, -0.25) is 0 Å². The Labute approximate surface area is 101 Å². The molecule has 0 atom stereocenters. The fourth-order valence-corrected chi connectivity index (χ4v) is 2.09. The third-order valence-electron chi connectivity index (χ3n) is 2.83. The third kappa shape index (κ3) is 2.32. The molecule has 0 saturated heterocycles. The Balaban J connectivity index is 2.62. The van der Waals surface area contributed by atoms with Crippen molar-refractivity contribution in [3.63, 3.8) is 0 Å². The van der Waals surface area contributed by atoms with Gasteiger partial charge in [0.25, 0.3) is 0 Å². The van der Waals surface area contributed by atoms with Crippen LogP contribution in [0.2, 0.25) is 0 Å². The van der Waals surface area contributed by atoms with E-state index in [1.807, 2.05) is 30.3 Å². The Kier molecular flexibility index (Phi) is 3.45. The van der Waals surface area contributed by atoms with Crippen LogP contribution in [0.15, 0.2) is 48.5 Å². The quantitative estimate of drug-likeness (QED) is 0.626. The van der Waals surface area contributed by atoms with E-state index in [4.69, 9.17) is 5.26 Å². The van der Waals surface area contributed by atoms with Crippen molar-refractivity contribution in [2.75, 3.05) is 0 Å². The van der Waals surface area contributed by atoms with Gasteiger partial charge in [-0.15, -0.1) is 0 Å². The lowest BCUT2D eigenvalue weighted by Gasteiger charge is -2.15. The zero-order valence-electron chi connectivity index (χ0n) is 10.1. The SMILES string of the molecule is CC(C)c1c(OO)cccc1-c1ccccc1. The minimum atomic E-state index is 0.286. The van der Waals surface area contributed by atoms with Crippen molar-refractivity contribution in [3.05, 3.63) is 54.1 Å². The molecule has 0 aliphatic carbocycles. The fraction of sp³-hybridized carbons (Fsp3) is 0.200. The smallest absolute Gasteiger partial charge is 0.169 e. The topological polar surface area (TPSA) is 29.5 Å². The van der Waals surface area contributed by atoms with Crippen LogP contribution in [0.25, 0.3) is 11.1 Å². The zero-order valence-corrected chi connectivity index (χ0v) is 10.1. The molecule has 0 amide bonds. The Hall–Kier alpha value is -1.80. The van der Waals surface area contributed by atoms with Gasteiger partial charge in [0.15, 0.2) is 5.75 Å². The minimum Gasteiger partial charge on any atom is -0.340 e. The van der Waals surface area contributed by atoms with Crippen LogP contribution in [0.4, 0.5) is 0 Å². The molecule has 2 aromatic carbocycles. The van der Waals surface area contributed by atoms with E-state index < -0.39 is 0 Å². The van der Waals surface area contributed by atoms with Crippen LogP contribution in [-0.2, 0) is 0 Å². The van der Waals surface area contributed by atoms with Crippen molar-refractivity contribution < 1.29 is 10.1 Å². The van der Waals surface area contributed by atoms with Gasteiger partial charge >= 0.3 is 0 Å². The van der Waals surface area contributed by atoms with Crippen molar-refractivity contribution >= 4 is 0 Å². The van der Waals surface area contributed by atoms with Crippen LogP contribution in [-0.4, -0.2) is 5.26 Å². The highest BCUT2D eigenvalue weighted by atomic mass is 17.1. The Morgan fingerprint density at radius 1 is 0.941 bits per heavy atom. The predicted octanol–water partition coefficient (Wildman–Crippen LogP) is 4.33. The summed E-state index contributed by atoms with van der Waals surface area (Å²) in [5.41, 5.74) is 3.27. The Bertz CT molecular complexity index is 490. The summed E-state index contributed by atoms with van der Waals surface area (Å²) < 4.78 is 0. The summed E-state index contributed by atoms with van der Waals surface area (Å²) in [6.07, 6.45) is 0. The fourth-order valence-electron chi connectivity index (χ4n) is 2.09. The van der Waals surface area contributed by atoms with Crippen molar-refractivity contribution in [1.29, 1.82) is 0 Å². The maximum atomic E-state index is 8.94. The monoisotopic (exact) mass is 228 g/mol. The highest BCUT2D eigenvalue weighted by molar-refractivity contribution is 5.70. The van der Waals surface area contributed by atoms with Gasteiger partial charge in [0.2, 0.25) is 0 Å². The molecule has 17 heavy (non-hydrogen) atoms. The molecule has 88 valence electrons. The Morgan fingerprint density at radius 3 is 2.24 bits per heavy atom. The molecule has 0 spiro atoms. The molecule has 2 heteroatoms. The van der Waals surface area contributed by atoms with Gasteiger partial charge in [-0.1, -0.05) is 56.3 Å². The van der Waals surface area contributed by atoms with Crippen LogP contribution in [0.5, 0.6) is 5.75 Å². The second kappa shape index (κ2) is 5.02. The standard InChI is InChI=1S/C15H16O2/c1-11(2)15-13(9-6-10-14(15)17-16)12-7-4-3-5-8-12/h3-11,16H,1-2H3. The van der Waals surface area contributed by atoms with E-state index in [2.05, 4.69) is 30.9 Å². The molecule has 0 aromatic heterocycles. The van der Waals surface area contributed by atoms with Crippen molar-refractivity contribution in [2.45, 2.75) is 19.8 Å². The molecular formula is C15H16O2. The molecular weight excluding hydrogens is 212 g/mol. The first-order valence-electron chi connectivity index (χ1n) is 5.73. The molecule has 0 fully saturated rings. The molecule has 2 rings (SSSR count). The molecule has 0 bridgehead atoms. The average Bonchev–Trinajstić information content (AvgIpc) is 2.38. The minimum absolute atomic E-state index is 0.286. The van der Waals surface area contributed by atoms with Gasteiger partial charge in [0.05, 0.1) is 0 Å². The Morgan fingerprint density at radius 2 is 1.65 bits per heavy atom. The van der Waals surface area contributed by atoms with Gasteiger partial charge < -0.3 is 4.89 Å². The number of hydrogen-bond acceptors (Lipinski definition) is 2. The number of hydrogen-bond donors (Lipinski definition) is 1. The molecule has 1 N–H and O–H groups in total. The van der Waals surface area contributed by atoms with Gasteiger partial charge in [0.1, 0.15) is 0 Å². The molecule has 0 saturated carbocycles. The van der Waals surface area contributed by atoms with E-state index in [9.17, 15) is 0 Å². The normalized spacial score (nSPS) is 10.6. The maximum Gasteiger partial charge on any atom is 0.169 e. The van der Waals surface area contributed by atoms with Crippen LogP contribution in [0, 0.1) is 0 Å². The zero-order chi connectivity index (χ0) is 12.3. The van der Waals surface area contributed by atoms with Gasteiger partial charge in [-0.2, -0.15) is 0 Å². The molecule has 0 aliphatic heterocycles. The lowest BCUT2D eigenvalue weighted by molar-refractivity contribution is -0.138. The summed E-state index contributed by atoms with van der Waals surface area (Å²) in [5, 5.41) is 8.94. The number of benzene rings is 2. The summed E-state index contributed by atoms with van der Waals surface area (Å²) in [7, 11) is 0. The molecule has 0 unspecified atom stereocenters. The lowest BCUT2D eigenvalue weighted by Crippen LogP contribution is -1.97. The summed E-state index contributed by atoms with van der Waals surface area (Å²) in [6, 6.07) is 15.8. The van der Waals surface area contributed by atoms with Crippen molar-refractivity contribution in [3.8, 4) is 16.9 Å². The van der Waals surface area contributed by atoms with E-state index >= 15 is 0 Å². The van der Waals surface area contributed by atoms with E-state index in [1.54, 1.807) is 6.07 Å². The average molecular weight is 228 g/mol. The molecule has 0 heterocycles.